The smallest absolute Gasteiger partial charge is 0.287 e. The van der Waals surface area contributed by atoms with Gasteiger partial charge in [0.2, 0.25) is 0 Å². The molecule has 2 aromatic rings. The zero-order valence-electron chi connectivity index (χ0n) is 18.7. The summed E-state index contributed by atoms with van der Waals surface area (Å²) in [5.41, 5.74) is 2.05. The molecular formula is C23H32N4O4. The van der Waals surface area contributed by atoms with Crippen LogP contribution in [0.25, 0.3) is 0 Å². The molecule has 168 valence electrons. The number of amides is 1. The number of guanidine groups is 1. The quantitative estimate of drug-likeness (QED) is 0.382. The Kier molecular flexibility index (Phi) is 7.81. The summed E-state index contributed by atoms with van der Waals surface area (Å²) in [5, 5.41) is 6.29. The largest absolute Gasteiger partial charge is 0.497 e. The minimum atomic E-state index is -0.178. The molecule has 1 aromatic heterocycles. The lowest BCUT2D eigenvalue weighted by atomic mass is 9.98. The molecule has 8 heteroatoms. The molecule has 1 amide bonds. The van der Waals surface area contributed by atoms with Crippen LogP contribution >= 0.6 is 0 Å². The summed E-state index contributed by atoms with van der Waals surface area (Å²) in [6.45, 7) is 4.95. The van der Waals surface area contributed by atoms with Gasteiger partial charge in [0.1, 0.15) is 11.5 Å². The molecule has 0 radical (unpaired) electrons. The fraction of sp³-hybridized carbons (Fsp3) is 0.478. The van der Waals surface area contributed by atoms with Gasteiger partial charge in [0.05, 0.1) is 20.5 Å². The number of ether oxygens (including phenoxy) is 2. The van der Waals surface area contributed by atoms with Crippen molar-refractivity contribution in [1.82, 2.24) is 15.5 Å². The Morgan fingerprint density at radius 1 is 1.19 bits per heavy atom. The first-order chi connectivity index (χ1) is 15.0. The molecule has 2 N–H and O–H groups in total. The number of likely N-dealkylation sites (tertiary alicyclic amines) is 1. The van der Waals surface area contributed by atoms with Crippen LogP contribution in [0.4, 0.5) is 0 Å². The molecule has 1 aliphatic rings. The number of carbonyl (C=O) groups excluding carboxylic acids is 1. The van der Waals surface area contributed by atoms with Gasteiger partial charge in [-0.15, -0.1) is 0 Å². The van der Waals surface area contributed by atoms with Gasteiger partial charge in [0.25, 0.3) is 5.91 Å². The number of rotatable bonds is 8. The fourth-order valence-electron chi connectivity index (χ4n) is 3.80. The Morgan fingerprint density at radius 2 is 1.90 bits per heavy atom. The molecule has 0 aliphatic carbocycles. The Balaban J connectivity index is 1.46. The highest BCUT2D eigenvalue weighted by atomic mass is 16.5. The molecule has 0 saturated carbocycles. The van der Waals surface area contributed by atoms with Crippen LogP contribution in [0.5, 0.6) is 11.5 Å². The van der Waals surface area contributed by atoms with Gasteiger partial charge in [-0.2, -0.15) is 0 Å². The van der Waals surface area contributed by atoms with Gasteiger partial charge < -0.3 is 29.4 Å². The average molecular weight is 429 g/mol. The molecule has 2 heterocycles. The molecule has 1 fully saturated rings. The van der Waals surface area contributed by atoms with E-state index in [1.807, 2.05) is 13.0 Å². The summed E-state index contributed by atoms with van der Waals surface area (Å²) in [5.74, 6) is 3.08. The zero-order chi connectivity index (χ0) is 22.2. The van der Waals surface area contributed by atoms with E-state index in [0.717, 1.165) is 55.5 Å². The Morgan fingerprint density at radius 3 is 2.52 bits per heavy atom. The highest BCUT2D eigenvalue weighted by molar-refractivity contribution is 5.92. The van der Waals surface area contributed by atoms with Crippen LogP contribution in [-0.4, -0.2) is 64.2 Å². The predicted octanol–water partition coefficient (Wildman–Crippen LogP) is 2.79. The molecule has 0 spiro atoms. The van der Waals surface area contributed by atoms with Crippen molar-refractivity contribution in [3.05, 3.63) is 47.4 Å². The Labute approximate surface area is 183 Å². The molecule has 8 nitrogen and oxygen atoms in total. The first-order valence-electron chi connectivity index (χ1n) is 10.6. The normalized spacial score (nSPS) is 16.3. The zero-order valence-corrected chi connectivity index (χ0v) is 18.7. The molecule has 31 heavy (non-hydrogen) atoms. The number of hydrogen-bond donors (Lipinski definition) is 2. The maximum absolute atomic E-state index is 12.1. The maximum Gasteiger partial charge on any atom is 0.287 e. The number of carbonyl (C=O) groups is 1. The lowest BCUT2D eigenvalue weighted by Gasteiger charge is -2.22. The third kappa shape index (κ3) is 5.71. The van der Waals surface area contributed by atoms with E-state index in [4.69, 9.17) is 13.9 Å². The van der Waals surface area contributed by atoms with Crippen LogP contribution in [0.2, 0.25) is 0 Å². The molecule has 3 rings (SSSR count). The molecule has 1 aromatic carbocycles. The lowest BCUT2D eigenvalue weighted by Crippen LogP contribution is -2.41. The van der Waals surface area contributed by atoms with E-state index in [1.54, 1.807) is 27.3 Å². The number of nitrogens with zero attached hydrogens (tertiary/aromatic N) is 2. The number of aryl methyl sites for hydroxylation is 1. The standard InChI is InChI=1S/C23H32N4O4/c1-16-7-11-31-21(16)22(28)25-8-5-9-26-23(24-2)27-10-6-17(15-27)18-12-19(29-3)14-20(13-18)30-4/h7,11-14,17H,5-6,8-10,15H2,1-4H3,(H,24,26)(H,25,28). The number of nitrogens with one attached hydrogen (secondary N) is 2. The summed E-state index contributed by atoms with van der Waals surface area (Å²) in [4.78, 5) is 18.8. The van der Waals surface area contributed by atoms with Crippen molar-refractivity contribution in [3.63, 3.8) is 0 Å². The van der Waals surface area contributed by atoms with Gasteiger partial charge in [0, 0.05) is 50.8 Å². The Bertz CT molecular complexity index is 886. The number of hydrogen-bond acceptors (Lipinski definition) is 5. The van der Waals surface area contributed by atoms with E-state index < -0.39 is 0 Å². The molecule has 0 bridgehead atoms. The van der Waals surface area contributed by atoms with Crippen molar-refractivity contribution >= 4 is 11.9 Å². The van der Waals surface area contributed by atoms with Crippen molar-refractivity contribution in [2.75, 3.05) is 47.4 Å². The van der Waals surface area contributed by atoms with Crippen LogP contribution < -0.4 is 20.1 Å². The van der Waals surface area contributed by atoms with E-state index >= 15 is 0 Å². The highest BCUT2D eigenvalue weighted by Crippen LogP contribution is 2.32. The third-order valence-electron chi connectivity index (χ3n) is 5.54. The summed E-state index contributed by atoms with van der Waals surface area (Å²) in [6, 6.07) is 7.83. The van der Waals surface area contributed by atoms with Crippen LogP contribution in [0.1, 0.15) is 40.4 Å². The second-order valence-electron chi connectivity index (χ2n) is 7.59. The van der Waals surface area contributed by atoms with Crippen molar-refractivity contribution in [2.45, 2.75) is 25.7 Å². The number of benzene rings is 1. The number of furan rings is 1. The summed E-state index contributed by atoms with van der Waals surface area (Å²) >= 11 is 0. The summed E-state index contributed by atoms with van der Waals surface area (Å²) in [6.07, 6.45) is 3.35. The first kappa shape index (κ1) is 22.5. The third-order valence-corrected chi connectivity index (χ3v) is 5.54. The lowest BCUT2D eigenvalue weighted by molar-refractivity contribution is 0.0925. The van der Waals surface area contributed by atoms with Crippen molar-refractivity contribution in [1.29, 1.82) is 0 Å². The van der Waals surface area contributed by atoms with E-state index in [2.05, 4.69) is 32.7 Å². The van der Waals surface area contributed by atoms with Crippen LogP contribution in [0.3, 0.4) is 0 Å². The van der Waals surface area contributed by atoms with E-state index in [-0.39, 0.29) is 5.91 Å². The Hall–Kier alpha value is -3.16. The molecule has 1 atom stereocenters. The molecule has 1 aliphatic heterocycles. The van der Waals surface area contributed by atoms with Gasteiger partial charge >= 0.3 is 0 Å². The average Bonchev–Trinajstić information content (AvgIpc) is 3.45. The van der Waals surface area contributed by atoms with Gasteiger partial charge in [-0.05, 0) is 43.5 Å². The SMILES string of the molecule is CN=C(NCCCNC(=O)c1occc1C)N1CCC(c2cc(OC)cc(OC)c2)C1. The van der Waals surface area contributed by atoms with Gasteiger partial charge in [-0.3, -0.25) is 9.79 Å². The van der Waals surface area contributed by atoms with E-state index in [9.17, 15) is 4.79 Å². The topological polar surface area (TPSA) is 88.3 Å². The van der Waals surface area contributed by atoms with E-state index in [0.29, 0.717) is 18.2 Å². The summed E-state index contributed by atoms with van der Waals surface area (Å²) in [7, 11) is 5.14. The maximum atomic E-state index is 12.1. The van der Waals surface area contributed by atoms with Crippen molar-refractivity contribution in [2.24, 2.45) is 4.99 Å². The number of aliphatic imine (C=N–C) groups is 1. The van der Waals surface area contributed by atoms with Crippen molar-refractivity contribution in [3.8, 4) is 11.5 Å². The van der Waals surface area contributed by atoms with Crippen molar-refractivity contribution < 1.29 is 18.7 Å². The van der Waals surface area contributed by atoms with Gasteiger partial charge in [0.15, 0.2) is 11.7 Å². The first-order valence-corrected chi connectivity index (χ1v) is 10.6. The summed E-state index contributed by atoms with van der Waals surface area (Å²) < 4.78 is 16.0. The minimum Gasteiger partial charge on any atom is -0.497 e. The van der Waals surface area contributed by atoms with Crippen LogP contribution in [0, 0.1) is 6.92 Å². The number of methoxy groups -OCH3 is 2. The molecular weight excluding hydrogens is 396 g/mol. The van der Waals surface area contributed by atoms with Crippen LogP contribution in [0.15, 0.2) is 39.9 Å². The fourth-order valence-corrected chi connectivity index (χ4v) is 3.80. The second kappa shape index (κ2) is 10.7. The minimum absolute atomic E-state index is 0.178. The monoisotopic (exact) mass is 428 g/mol. The van der Waals surface area contributed by atoms with Gasteiger partial charge in [-0.1, -0.05) is 0 Å². The second-order valence-corrected chi connectivity index (χ2v) is 7.59. The highest BCUT2D eigenvalue weighted by Gasteiger charge is 2.26. The van der Waals surface area contributed by atoms with Crippen LogP contribution in [-0.2, 0) is 0 Å². The van der Waals surface area contributed by atoms with Gasteiger partial charge in [-0.25, -0.2) is 0 Å². The van der Waals surface area contributed by atoms with E-state index in [1.165, 1.54) is 11.8 Å². The predicted molar refractivity (Wildman–Crippen MR) is 120 cm³/mol. The molecule has 1 saturated heterocycles. The molecule has 1 unspecified atom stereocenters.